The van der Waals surface area contributed by atoms with Crippen LogP contribution in [0.5, 0.6) is 0 Å². The topological polar surface area (TPSA) is 91.7 Å². The Hall–Kier alpha value is -0.330. The molecule has 1 atom stereocenters. The van der Waals surface area contributed by atoms with E-state index in [0.717, 1.165) is 0 Å². The van der Waals surface area contributed by atoms with Gasteiger partial charge in [-0.3, -0.25) is 4.55 Å². The second kappa shape index (κ2) is 2.51. The summed E-state index contributed by atoms with van der Waals surface area (Å²) in [4.78, 5) is 9.67. The SMILES string of the molecule is O=C(O)C(Cl)S(=O)(=O)O. The number of hydrogen-bond donors (Lipinski definition) is 2. The number of carboxylic acid groups (broad SMARTS) is 1. The van der Waals surface area contributed by atoms with Crippen LogP contribution in [0.2, 0.25) is 0 Å². The maximum atomic E-state index is 9.82. The molecule has 0 fully saturated rings. The molecule has 0 aliphatic rings. The van der Waals surface area contributed by atoms with E-state index in [-0.39, 0.29) is 0 Å². The van der Waals surface area contributed by atoms with Crippen molar-refractivity contribution in [3.8, 4) is 0 Å². The van der Waals surface area contributed by atoms with Gasteiger partial charge in [-0.2, -0.15) is 8.42 Å². The third kappa shape index (κ3) is 2.64. The molecule has 0 rings (SSSR count). The normalized spacial score (nSPS) is 14.9. The van der Waals surface area contributed by atoms with Gasteiger partial charge in [0.25, 0.3) is 14.8 Å². The zero-order chi connectivity index (χ0) is 7.65. The molecule has 0 saturated carbocycles. The van der Waals surface area contributed by atoms with Crippen LogP contribution in [-0.4, -0.2) is 28.8 Å². The van der Waals surface area contributed by atoms with Crippen LogP contribution in [0.4, 0.5) is 0 Å². The van der Waals surface area contributed by atoms with E-state index in [4.69, 9.17) is 9.66 Å². The van der Waals surface area contributed by atoms with Gasteiger partial charge in [0, 0.05) is 0 Å². The fourth-order valence-corrected chi connectivity index (χ4v) is 0.382. The van der Waals surface area contributed by atoms with E-state index in [9.17, 15) is 13.2 Å². The predicted octanol–water partition coefficient (Wildman–Crippen LogP) is -0.476. The molecular formula is C2H3ClO5S. The van der Waals surface area contributed by atoms with Crippen molar-refractivity contribution in [2.24, 2.45) is 0 Å². The van der Waals surface area contributed by atoms with Gasteiger partial charge in [0.15, 0.2) is 0 Å². The molecule has 0 aromatic rings. The van der Waals surface area contributed by atoms with Crippen LogP contribution in [0.15, 0.2) is 0 Å². The molecule has 0 aromatic carbocycles. The van der Waals surface area contributed by atoms with E-state index >= 15 is 0 Å². The molecule has 0 saturated heterocycles. The summed E-state index contributed by atoms with van der Waals surface area (Å²) in [6.07, 6.45) is 0. The number of hydrogen-bond acceptors (Lipinski definition) is 3. The summed E-state index contributed by atoms with van der Waals surface area (Å²) in [5.41, 5.74) is 0. The third-order valence-corrected chi connectivity index (χ3v) is 2.04. The standard InChI is InChI=1S/C2H3ClO5S/c3-1(2(4)5)9(6,7)8/h1H,(H,4,5)(H,6,7,8). The Bertz CT molecular complexity index is 205. The van der Waals surface area contributed by atoms with Gasteiger partial charge in [-0.15, -0.1) is 0 Å². The van der Waals surface area contributed by atoms with Crippen molar-refractivity contribution in [3.05, 3.63) is 0 Å². The fraction of sp³-hybridized carbons (Fsp3) is 0.500. The van der Waals surface area contributed by atoms with Crippen LogP contribution >= 0.6 is 11.6 Å². The summed E-state index contributed by atoms with van der Waals surface area (Å²) in [6.45, 7) is 0. The van der Waals surface area contributed by atoms with E-state index in [1.807, 2.05) is 0 Å². The van der Waals surface area contributed by atoms with Crippen LogP contribution in [-0.2, 0) is 14.9 Å². The Morgan fingerprint density at radius 3 is 1.89 bits per heavy atom. The van der Waals surface area contributed by atoms with Crippen LogP contribution in [0.3, 0.4) is 0 Å². The van der Waals surface area contributed by atoms with Gasteiger partial charge in [0.2, 0.25) is 0 Å². The lowest BCUT2D eigenvalue weighted by Gasteiger charge is -1.96. The zero-order valence-electron chi connectivity index (χ0n) is 3.98. The Labute approximate surface area is 56.0 Å². The lowest BCUT2D eigenvalue weighted by atomic mass is 10.8. The number of halogens is 1. The molecule has 0 radical (unpaired) electrons. The van der Waals surface area contributed by atoms with Crippen LogP contribution in [0, 0.1) is 0 Å². The smallest absolute Gasteiger partial charge is 0.339 e. The van der Waals surface area contributed by atoms with E-state index < -0.39 is 20.8 Å². The molecule has 54 valence electrons. The van der Waals surface area contributed by atoms with Crippen molar-refractivity contribution < 1.29 is 22.9 Å². The summed E-state index contributed by atoms with van der Waals surface area (Å²) in [6, 6.07) is 0. The van der Waals surface area contributed by atoms with Crippen molar-refractivity contribution in [2.75, 3.05) is 0 Å². The van der Waals surface area contributed by atoms with Crippen LogP contribution < -0.4 is 0 Å². The first kappa shape index (κ1) is 8.67. The van der Waals surface area contributed by atoms with Gasteiger partial charge >= 0.3 is 5.97 Å². The highest BCUT2D eigenvalue weighted by Crippen LogP contribution is 2.02. The first-order chi connectivity index (χ1) is 3.85. The van der Waals surface area contributed by atoms with Crippen molar-refractivity contribution in [3.63, 3.8) is 0 Å². The summed E-state index contributed by atoms with van der Waals surface area (Å²) in [7, 11) is -4.64. The van der Waals surface area contributed by atoms with Crippen molar-refractivity contribution >= 4 is 27.7 Å². The minimum absolute atomic E-state index is 1.79. The van der Waals surface area contributed by atoms with Crippen molar-refractivity contribution in [1.82, 2.24) is 0 Å². The molecule has 0 spiro atoms. The molecule has 1 unspecified atom stereocenters. The van der Waals surface area contributed by atoms with E-state index in [0.29, 0.717) is 0 Å². The molecule has 5 nitrogen and oxygen atoms in total. The molecular weight excluding hydrogens is 172 g/mol. The van der Waals surface area contributed by atoms with Gasteiger partial charge in [-0.05, 0) is 0 Å². The monoisotopic (exact) mass is 174 g/mol. The van der Waals surface area contributed by atoms with Crippen LogP contribution in [0.1, 0.15) is 0 Å². The second-order valence-electron chi connectivity index (χ2n) is 1.17. The highest BCUT2D eigenvalue weighted by atomic mass is 35.5. The average molecular weight is 175 g/mol. The number of rotatable bonds is 2. The molecule has 2 N–H and O–H groups in total. The Morgan fingerprint density at radius 1 is 1.56 bits per heavy atom. The van der Waals surface area contributed by atoms with E-state index in [1.54, 1.807) is 0 Å². The minimum atomic E-state index is -4.64. The van der Waals surface area contributed by atoms with E-state index in [1.165, 1.54) is 0 Å². The largest absolute Gasteiger partial charge is 0.479 e. The van der Waals surface area contributed by atoms with Crippen molar-refractivity contribution in [2.45, 2.75) is 4.71 Å². The lowest BCUT2D eigenvalue weighted by Crippen LogP contribution is -2.23. The molecule has 0 heterocycles. The van der Waals surface area contributed by atoms with Gasteiger partial charge in [0.1, 0.15) is 0 Å². The third-order valence-electron chi connectivity index (χ3n) is 0.456. The maximum absolute atomic E-state index is 9.82. The van der Waals surface area contributed by atoms with Gasteiger partial charge in [-0.1, -0.05) is 11.6 Å². The summed E-state index contributed by atoms with van der Waals surface area (Å²) < 4.78 is 25.3. The Kier molecular flexibility index (Phi) is 2.41. The molecule has 0 aromatic heterocycles. The van der Waals surface area contributed by atoms with Gasteiger partial charge in [0.05, 0.1) is 0 Å². The highest BCUT2D eigenvalue weighted by molar-refractivity contribution is 7.88. The Morgan fingerprint density at radius 2 is 1.89 bits per heavy atom. The zero-order valence-corrected chi connectivity index (χ0v) is 5.56. The minimum Gasteiger partial charge on any atom is -0.479 e. The molecule has 7 heteroatoms. The number of alkyl halides is 1. The maximum Gasteiger partial charge on any atom is 0.339 e. The van der Waals surface area contributed by atoms with Gasteiger partial charge < -0.3 is 5.11 Å². The molecule has 9 heavy (non-hydrogen) atoms. The van der Waals surface area contributed by atoms with Gasteiger partial charge in [-0.25, -0.2) is 4.79 Å². The molecule has 0 bridgehead atoms. The lowest BCUT2D eigenvalue weighted by molar-refractivity contribution is -0.135. The molecule has 0 amide bonds. The van der Waals surface area contributed by atoms with E-state index in [2.05, 4.69) is 11.6 Å². The highest BCUT2D eigenvalue weighted by Gasteiger charge is 2.27. The predicted molar refractivity (Wildman–Crippen MR) is 28.8 cm³/mol. The number of carboxylic acids is 1. The second-order valence-corrected chi connectivity index (χ2v) is 3.37. The molecule has 0 aliphatic heterocycles. The Balaban J connectivity index is 4.43. The average Bonchev–Trinajstić information content (AvgIpc) is 1.62. The molecule has 0 aliphatic carbocycles. The van der Waals surface area contributed by atoms with Crippen molar-refractivity contribution in [1.29, 1.82) is 0 Å². The first-order valence-corrected chi connectivity index (χ1v) is 3.63. The summed E-state index contributed by atoms with van der Waals surface area (Å²) >= 11 is 4.65. The number of aliphatic carboxylic acids is 1. The quantitative estimate of drug-likeness (QED) is 0.436. The fourth-order valence-electron chi connectivity index (χ4n) is 0.127. The first-order valence-electron chi connectivity index (χ1n) is 1.69. The summed E-state index contributed by atoms with van der Waals surface area (Å²) in [5.74, 6) is -1.79. The number of carbonyl (C=O) groups is 1. The summed E-state index contributed by atoms with van der Waals surface area (Å²) in [5, 5.41) is 7.85. The van der Waals surface area contributed by atoms with Crippen LogP contribution in [0.25, 0.3) is 0 Å².